The minimum absolute atomic E-state index is 0.0297. The number of aliphatic hydroxyl groups excluding tert-OH is 1. The van der Waals surface area contributed by atoms with Gasteiger partial charge in [-0.1, -0.05) is 23.7 Å². The fourth-order valence-corrected chi connectivity index (χ4v) is 3.81. The quantitative estimate of drug-likeness (QED) is 0.579. The first-order valence-electron chi connectivity index (χ1n) is 9.92. The molecule has 166 valence electrons. The van der Waals surface area contributed by atoms with Crippen molar-refractivity contribution < 1.29 is 14.6 Å². The maximum Gasteiger partial charge on any atom is 0.332 e. The number of aliphatic hydroxyl groups is 1. The molecule has 3 heterocycles. The van der Waals surface area contributed by atoms with E-state index >= 15 is 0 Å². The van der Waals surface area contributed by atoms with E-state index in [0.717, 1.165) is 4.57 Å². The molecule has 1 aliphatic heterocycles. The highest BCUT2D eigenvalue weighted by molar-refractivity contribution is 6.32. The van der Waals surface area contributed by atoms with E-state index in [4.69, 9.17) is 21.1 Å². The molecule has 3 aromatic rings. The number of imidazole rings is 1. The van der Waals surface area contributed by atoms with Gasteiger partial charge in [0.1, 0.15) is 18.5 Å². The molecule has 1 aromatic carbocycles. The Morgan fingerprint density at radius 3 is 2.61 bits per heavy atom. The number of hydrogen-bond donors (Lipinski definition) is 1. The predicted octanol–water partition coefficient (Wildman–Crippen LogP) is 0.364. The first-order chi connectivity index (χ1) is 14.9. The summed E-state index contributed by atoms with van der Waals surface area (Å²) in [6.07, 6.45) is -0.949. The number of rotatable bonds is 6. The Hall–Kier alpha value is -2.82. The third-order valence-corrected chi connectivity index (χ3v) is 5.60. The molecule has 0 saturated carbocycles. The van der Waals surface area contributed by atoms with Gasteiger partial charge in [-0.3, -0.25) is 13.9 Å². The fraction of sp³-hybridized carbons (Fsp3) is 0.450. The Morgan fingerprint density at radius 2 is 1.90 bits per heavy atom. The highest BCUT2D eigenvalue weighted by Gasteiger charge is 2.25. The van der Waals surface area contributed by atoms with Crippen molar-refractivity contribution in [2.24, 2.45) is 14.1 Å². The van der Waals surface area contributed by atoms with E-state index in [-0.39, 0.29) is 24.3 Å². The lowest BCUT2D eigenvalue weighted by molar-refractivity contribution is 0.0927. The lowest BCUT2D eigenvalue weighted by Crippen LogP contribution is -2.39. The lowest BCUT2D eigenvalue weighted by Gasteiger charge is -2.28. The van der Waals surface area contributed by atoms with Crippen molar-refractivity contribution in [2.75, 3.05) is 37.8 Å². The van der Waals surface area contributed by atoms with Gasteiger partial charge in [-0.25, -0.2) is 4.79 Å². The molecule has 11 heteroatoms. The van der Waals surface area contributed by atoms with Crippen molar-refractivity contribution in [1.82, 2.24) is 18.7 Å². The Bertz CT molecular complexity index is 1210. The number of aromatic nitrogens is 4. The summed E-state index contributed by atoms with van der Waals surface area (Å²) in [5.74, 6) is 0.971. The van der Waals surface area contributed by atoms with Crippen LogP contribution in [0.2, 0.25) is 5.02 Å². The van der Waals surface area contributed by atoms with Gasteiger partial charge in [0.2, 0.25) is 5.95 Å². The summed E-state index contributed by atoms with van der Waals surface area (Å²) in [6.45, 7) is 2.25. The van der Waals surface area contributed by atoms with Crippen LogP contribution in [-0.2, 0) is 25.4 Å². The van der Waals surface area contributed by atoms with Crippen molar-refractivity contribution in [2.45, 2.75) is 12.6 Å². The van der Waals surface area contributed by atoms with E-state index in [1.165, 1.54) is 11.6 Å². The van der Waals surface area contributed by atoms with Crippen LogP contribution in [0, 0.1) is 0 Å². The van der Waals surface area contributed by atoms with Gasteiger partial charge in [0.15, 0.2) is 11.2 Å². The Kier molecular flexibility index (Phi) is 6.03. The predicted molar refractivity (Wildman–Crippen MR) is 116 cm³/mol. The van der Waals surface area contributed by atoms with E-state index < -0.39 is 17.4 Å². The number of nitrogens with zero attached hydrogens (tertiary/aromatic N) is 5. The van der Waals surface area contributed by atoms with Crippen LogP contribution in [0.25, 0.3) is 11.2 Å². The molecule has 2 aromatic heterocycles. The number of morpholine rings is 1. The number of benzene rings is 1. The number of halogens is 1. The molecule has 0 aliphatic carbocycles. The van der Waals surface area contributed by atoms with Gasteiger partial charge >= 0.3 is 5.69 Å². The van der Waals surface area contributed by atoms with Gasteiger partial charge < -0.3 is 24.0 Å². The maximum absolute atomic E-state index is 12.9. The first kappa shape index (κ1) is 21.4. The topological polar surface area (TPSA) is 104 Å². The Balaban J connectivity index is 1.71. The third-order valence-electron chi connectivity index (χ3n) is 5.28. The SMILES string of the molecule is Cn1c(=O)c2c(nc(N3CCOCC3)n2C[C@H](O)COc2ccccc2Cl)n(C)c1=O. The highest BCUT2D eigenvalue weighted by atomic mass is 35.5. The number of hydrogen-bond acceptors (Lipinski definition) is 7. The largest absolute Gasteiger partial charge is 0.489 e. The van der Waals surface area contributed by atoms with Crippen molar-refractivity contribution >= 4 is 28.7 Å². The van der Waals surface area contributed by atoms with Crippen LogP contribution in [-0.4, -0.2) is 62.8 Å². The zero-order valence-electron chi connectivity index (χ0n) is 17.3. The number of ether oxygens (including phenoxy) is 2. The molecular weight excluding hydrogens is 426 g/mol. The van der Waals surface area contributed by atoms with Gasteiger partial charge in [-0.05, 0) is 12.1 Å². The van der Waals surface area contributed by atoms with Crippen molar-refractivity contribution in [1.29, 1.82) is 0 Å². The smallest absolute Gasteiger partial charge is 0.332 e. The monoisotopic (exact) mass is 449 g/mol. The molecule has 0 unspecified atom stereocenters. The van der Waals surface area contributed by atoms with E-state index in [2.05, 4.69) is 4.98 Å². The first-order valence-corrected chi connectivity index (χ1v) is 10.3. The summed E-state index contributed by atoms with van der Waals surface area (Å²) in [5, 5.41) is 11.1. The summed E-state index contributed by atoms with van der Waals surface area (Å²) < 4.78 is 15.1. The van der Waals surface area contributed by atoms with Gasteiger partial charge in [0.25, 0.3) is 5.56 Å². The number of anilines is 1. The van der Waals surface area contributed by atoms with Crippen LogP contribution < -0.4 is 20.9 Å². The molecular formula is C20H24ClN5O5. The standard InChI is InChI=1S/C20H24ClN5O5/c1-23-17-16(18(28)24(2)20(23)29)26(19(22-17)25-7-9-30-10-8-25)11-13(27)12-31-15-6-4-3-5-14(15)21/h3-6,13,27H,7-12H2,1-2H3/t13-/m0/s1. The number of para-hydroxylation sites is 1. The second-order valence-electron chi connectivity index (χ2n) is 7.40. The van der Waals surface area contributed by atoms with Crippen molar-refractivity contribution in [3.8, 4) is 5.75 Å². The third kappa shape index (κ3) is 4.06. The second-order valence-corrected chi connectivity index (χ2v) is 7.80. The summed E-state index contributed by atoms with van der Waals surface area (Å²) in [6, 6.07) is 7.00. The molecule has 0 radical (unpaired) electrons. The zero-order chi connectivity index (χ0) is 22.1. The fourth-order valence-electron chi connectivity index (χ4n) is 3.62. The van der Waals surface area contributed by atoms with Crippen LogP contribution in [0.4, 0.5) is 5.95 Å². The van der Waals surface area contributed by atoms with Crippen molar-refractivity contribution in [3.05, 3.63) is 50.1 Å². The normalized spacial score (nSPS) is 15.4. The average Bonchev–Trinajstić information content (AvgIpc) is 3.15. The van der Waals surface area contributed by atoms with E-state index in [0.29, 0.717) is 43.0 Å². The van der Waals surface area contributed by atoms with Crippen molar-refractivity contribution in [3.63, 3.8) is 0 Å². The van der Waals surface area contributed by atoms with E-state index in [1.54, 1.807) is 35.9 Å². The van der Waals surface area contributed by atoms with Crippen LogP contribution in [0.1, 0.15) is 0 Å². The average molecular weight is 450 g/mol. The molecule has 0 bridgehead atoms. The number of aryl methyl sites for hydroxylation is 1. The summed E-state index contributed by atoms with van der Waals surface area (Å²) in [7, 11) is 2.99. The van der Waals surface area contributed by atoms with Crippen LogP contribution in [0.15, 0.2) is 33.9 Å². The van der Waals surface area contributed by atoms with Gasteiger partial charge in [0.05, 0.1) is 24.8 Å². The lowest BCUT2D eigenvalue weighted by atomic mass is 10.3. The van der Waals surface area contributed by atoms with Gasteiger partial charge in [0, 0.05) is 27.2 Å². The zero-order valence-corrected chi connectivity index (χ0v) is 18.1. The molecule has 10 nitrogen and oxygen atoms in total. The molecule has 1 aliphatic rings. The minimum Gasteiger partial charge on any atom is -0.489 e. The summed E-state index contributed by atoms with van der Waals surface area (Å²) >= 11 is 6.11. The van der Waals surface area contributed by atoms with Gasteiger partial charge in [-0.2, -0.15) is 4.98 Å². The molecule has 0 spiro atoms. The van der Waals surface area contributed by atoms with Crippen LogP contribution in [0.5, 0.6) is 5.75 Å². The highest BCUT2D eigenvalue weighted by Crippen LogP contribution is 2.24. The van der Waals surface area contributed by atoms with Crippen LogP contribution >= 0.6 is 11.6 Å². The molecule has 0 amide bonds. The Morgan fingerprint density at radius 1 is 1.19 bits per heavy atom. The second kappa shape index (κ2) is 8.74. The van der Waals surface area contributed by atoms with E-state index in [9.17, 15) is 14.7 Å². The van der Waals surface area contributed by atoms with Gasteiger partial charge in [-0.15, -0.1) is 0 Å². The molecule has 1 atom stereocenters. The van der Waals surface area contributed by atoms with E-state index in [1.807, 2.05) is 4.90 Å². The molecule has 1 saturated heterocycles. The molecule has 31 heavy (non-hydrogen) atoms. The number of fused-ring (bicyclic) bond motifs is 1. The summed E-state index contributed by atoms with van der Waals surface area (Å²) in [4.78, 5) is 31.9. The maximum atomic E-state index is 12.9. The van der Waals surface area contributed by atoms with Crippen LogP contribution in [0.3, 0.4) is 0 Å². The minimum atomic E-state index is -0.949. The molecule has 1 N–H and O–H groups in total. The Labute approximate surface area is 182 Å². The molecule has 4 rings (SSSR count). The molecule has 1 fully saturated rings. The summed E-state index contributed by atoms with van der Waals surface area (Å²) in [5.41, 5.74) is -0.403.